The number of carbonyl (C=O) groups excluding carboxylic acids is 1. The van der Waals surface area contributed by atoms with E-state index in [4.69, 9.17) is 4.42 Å². The second kappa shape index (κ2) is 6.19. The Morgan fingerprint density at radius 3 is 3.00 bits per heavy atom. The Morgan fingerprint density at radius 2 is 2.29 bits per heavy atom. The molecule has 7 heteroatoms. The zero-order valence-electron chi connectivity index (χ0n) is 11.4. The van der Waals surface area contributed by atoms with E-state index in [2.05, 4.69) is 31.4 Å². The van der Waals surface area contributed by atoms with Gasteiger partial charge in [0, 0.05) is 16.1 Å². The molecule has 0 aliphatic heterocycles. The maximum absolute atomic E-state index is 12.1. The lowest BCUT2D eigenvalue weighted by atomic mass is 10.3. The highest BCUT2D eigenvalue weighted by molar-refractivity contribution is 9.10. The Morgan fingerprint density at radius 1 is 1.48 bits per heavy atom. The predicted octanol–water partition coefficient (Wildman–Crippen LogP) is 3.83. The SMILES string of the molecule is C[C@H](Sc1nnc(C2CC2)o1)C(=O)Nc1cccc(Br)c1. The summed E-state index contributed by atoms with van der Waals surface area (Å²) in [6.45, 7) is 1.82. The van der Waals surface area contributed by atoms with Crippen molar-refractivity contribution in [2.75, 3.05) is 5.32 Å². The molecule has 3 rings (SSSR count). The van der Waals surface area contributed by atoms with Crippen molar-refractivity contribution in [2.45, 2.75) is 36.2 Å². The molecule has 0 saturated heterocycles. The van der Waals surface area contributed by atoms with Crippen LogP contribution >= 0.6 is 27.7 Å². The van der Waals surface area contributed by atoms with Gasteiger partial charge in [0.15, 0.2) is 0 Å². The number of halogens is 1. The fourth-order valence-corrected chi connectivity index (χ4v) is 2.87. The molecule has 1 saturated carbocycles. The molecule has 1 N–H and O–H groups in total. The van der Waals surface area contributed by atoms with Gasteiger partial charge in [0.1, 0.15) is 0 Å². The molecule has 21 heavy (non-hydrogen) atoms. The molecule has 1 aliphatic carbocycles. The molecule has 5 nitrogen and oxygen atoms in total. The first-order valence-corrected chi connectivity index (χ1v) is 8.35. The molecular formula is C14H14BrN3O2S. The van der Waals surface area contributed by atoms with Crippen LogP contribution in [0.5, 0.6) is 0 Å². The van der Waals surface area contributed by atoms with Crippen LogP contribution in [0.25, 0.3) is 0 Å². The van der Waals surface area contributed by atoms with Crippen LogP contribution in [0.3, 0.4) is 0 Å². The average molecular weight is 368 g/mol. The Bertz CT molecular complexity index is 657. The van der Waals surface area contributed by atoms with Crippen molar-refractivity contribution in [3.63, 3.8) is 0 Å². The lowest BCUT2D eigenvalue weighted by molar-refractivity contribution is -0.115. The normalized spacial score (nSPS) is 15.7. The lowest BCUT2D eigenvalue weighted by Gasteiger charge is -2.10. The van der Waals surface area contributed by atoms with E-state index in [-0.39, 0.29) is 11.2 Å². The number of nitrogens with one attached hydrogen (secondary N) is 1. The predicted molar refractivity (Wildman–Crippen MR) is 84.4 cm³/mol. The summed E-state index contributed by atoms with van der Waals surface area (Å²) in [5.74, 6) is 1.03. The van der Waals surface area contributed by atoms with Gasteiger partial charge in [-0.2, -0.15) is 0 Å². The summed E-state index contributed by atoms with van der Waals surface area (Å²) in [4.78, 5) is 12.1. The molecule has 1 amide bonds. The quantitative estimate of drug-likeness (QED) is 0.813. The molecule has 1 fully saturated rings. The summed E-state index contributed by atoms with van der Waals surface area (Å²) in [6.07, 6.45) is 2.23. The van der Waals surface area contributed by atoms with Crippen molar-refractivity contribution in [3.8, 4) is 0 Å². The third-order valence-electron chi connectivity index (χ3n) is 3.09. The fourth-order valence-electron chi connectivity index (χ4n) is 1.78. The monoisotopic (exact) mass is 367 g/mol. The molecule has 1 heterocycles. The summed E-state index contributed by atoms with van der Waals surface area (Å²) < 4.78 is 6.47. The molecule has 1 aliphatic rings. The summed E-state index contributed by atoms with van der Waals surface area (Å²) in [5.41, 5.74) is 0.756. The van der Waals surface area contributed by atoms with Gasteiger partial charge in [0.2, 0.25) is 11.8 Å². The van der Waals surface area contributed by atoms with Crippen LogP contribution < -0.4 is 5.32 Å². The van der Waals surface area contributed by atoms with Gasteiger partial charge in [-0.1, -0.05) is 33.8 Å². The van der Waals surface area contributed by atoms with Gasteiger partial charge in [-0.15, -0.1) is 10.2 Å². The number of thioether (sulfide) groups is 1. The highest BCUT2D eigenvalue weighted by Gasteiger charge is 2.30. The maximum atomic E-state index is 12.1. The minimum Gasteiger partial charge on any atom is -0.416 e. The second-order valence-corrected chi connectivity index (χ2v) is 7.15. The van der Waals surface area contributed by atoms with Crippen molar-refractivity contribution >= 4 is 39.3 Å². The van der Waals surface area contributed by atoms with Crippen LogP contribution in [0.4, 0.5) is 5.69 Å². The zero-order valence-corrected chi connectivity index (χ0v) is 13.8. The number of hydrogen-bond donors (Lipinski definition) is 1. The van der Waals surface area contributed by atoms with E-state index in [0.717, 1.165) is 23.0 Å². The summed E-state index contributed by atoms with van der Waals surface area (Å²) in [7, 11) is 0. The Labute approximate surface area is 135 Å². The summed E-state index contributed by atoms with van der Waals surface area (Å²) in [5, 5.41) is 11.0. The minimum absolute atomic E-state index is 0.0933. The number of benzene rings is 1. The molecule has 1 aromatic heterocycles. The first-order valence-electron chi connectivity index (χ1n) is 6.68. The topological polar surface area (TPSA) is 68.0 Å². The summed E-state index contributed by atoms with van der Waals surface area (Å²) in [6, 6.07) is 7.48. The highest BCUT2D eigenvalue weighted by Crippen LogP contribution is 2.40. The van der Waals surface area contributed by atoms with E-state index in [9.17, 15) is 4.79 Å². The zero-order chi connectivity index (χ0) is 14.8. The number of rotatable bonds is 5. The van der Waals surface area contributed by atoms with E-state index in [1.165, 1.54) is 11.8 Å². The van der Waals surface area contributed by atoms with Gasteiger partial charge in [-0.05, 0) is 38.0 Å². The van der Waals surface area contributed by atoms with E-state index < -0.39 is 0 Å². The van der Waals surface area contributed by atoms with E-state index in [1.807, 2.05) is 31.2 Å². The first-order chi connectivity index (χ1) is 10.1. The second-order valence-electron chi connectivity index (χ2n) is 4.94. The number of hydrogen-bond acceptors (Lipinski definition) is 5. The van der Waals surface area contributed by atoms with Crippen molar-refractivity contribution in [2.24, 2.45) is 0 Å². The van der Waals surface area contributed by atoms with Crippen LogP contribution in [0.1, 0.15) is 31.6 Å². The van der Waals surface area contributed by atoms with Gasteiger partial charge in [-0.3, -0.25) is 4.79 Å². The van der Waals surface area contributed by atoms with Crippen molar-refractivity contribution in [1.82, 2.24) is 10.2 Å². The van der Waals surface area contributed by atoms with Crippen molar-refractivity contribution in [3.05, 3.63) is 34.6 Å². The molecule has 0 spiro atoms. The van der Waals surface area contributed by atoms with Gasteiger partial charge in [0.25, 0.3) is 5.22 Å². The maximum Gasteiger partial charge on any atom is 0.277 e. The number of nitrogens with zero attached hydrogens (tertiary/aromatic N) is 2. The number of carbonyl (C=O) groups is 1. The lowest BCUT2D eigenvalue weighted by Crippen LogP contribution is -2.22. The molecular weight excluding hydrogens is 354 g/mol. The fraction of sp³-hybridized carbons (Fsp3) is 0.357. The van der Waals surface area contributed by atoms with Gasteiger partial charge in [0.05, 0.1) is 5.25 Å². The summed E-state index contributed by atoms with van der Waals surface area (Å²) >= 11 is 4.65. The Kier molecular flexibility index (Phi) is 4.30. The molecule has 1 atom stereocenters. The third kappa shape index (κ3) is 3.85. The molecule has 110 valence electrons. The molecule has 0 bridgehead atoms. The Hall–Kier alpha value is -1.34. The third-order valence-corrected chi connectivity index (χ3v) is 4.52. The molecule has 0 unspecified atom stereocenters. The first kappa shape index (κ1) is 14.6. The number of anilines is 1. The standard InChI is InChI=1S/C14H14BrN3O2S/c1-8(12(19)16-11-4-2-3-10(15)7-11)21-14-18-17-13(20-14)9-5-6-9/h2-4,7-9H,5-6H2,1H3,(H,16,19)/t8-/m0/s1. The van der Waals surface area contributed by atoms with Crippen molar-refractivity contribution in [1.29, 1.82) is 0 Å². The molecule has 2 aromatic rings. The minimum atomic E-state index is -0.309. The van der Waals surface area contributed by atoms with Gasteiger partial charge >= 0.3 is 0 Å². The van der Waals surface area contributed by atoms with Crippen LogP contribution in [0.2, 0.25) is 0 Å². The van der Waals surface area contributed by atoms with Crippen LogP contribution in [0.15, 0.2) is 38.4 Å². The molecule has 1 aromatic carbocycles. The Balaban J connectivity index is 1.58. The molecule has 0 radical (unpaired) electrons. The smallest absolute Gasteiger partial charge is 0.277 e. The van der Waals surface area contributed by atoms with Gasteiger partial charge in [-0.25, -0.2) is 0 Å². The highest BCUT2D eigenvalue weighted by atomic mass is 79.9. The van der Waals surface area contributed by atoms with E-state index >= 15 is 0 Å². The van der Waals surface area contributed by atoms with Crippen LogP contribution in [0, 0.1) is 0 Å². The van der Waals surface area contributed by atoms with E-state index in [0.29, 0.717) is 17.0 Å². The average Bonchev–Trinajstić information content (AvgIpc) is 3.19. The largest absolute Gasteiger partial charge is 0.416 e. The van der Waals surface area contributed by atoms with E-state index in [1.54, 1.807) is 0 Å². The number of amides is 1. The number of aromatic nitrogens is 2. The van der Waals surface area contributed by atoms with Crippen LogP contribution in [-0.4, -0.2) is 21.4 Å². The van der Waals surface area contributed by atoms with Crippen LogP contribution in [-0.2, 0) is 4.79 Å². The van der Waals surface area contributed by atoms with Gasteiger partial charge < -0.3 is 9.73 Å². The van der Waals surface area contributed by atoms with Crippen molar-refractivity contribution < 1.29 is 9.21 Å².